The van der Waals surface area contributed by atoms with Gasteiger partial charge in [-0.2, -0.15) is 0 Å². The zero-order valence-electron chi connectivity index (χ0n) is 13.8. The lowest BCUT2D eigenvalue weighted by atomic mass is 9.84. The second kappa shape index (κ2) is 6.26. The van der Waals surface area contributed by atoms with Crippen LogP contribution in [0.25, 0.3) is 0 Å². The van der Waals surface area contributed by atoms with Crippen molar-refractivity contribution in [3.8, 4) is 0 Å². The van der Waals surface area contributed by atoms with Gasteiger partial charge >= 0.3 is 0 Å². The molecule has 2 rings (SSSR count). The average Bonchev–Trinajstić information content (AvgIpc) is 2.86. The fourth-order valence-corrected chi connectivity index (χ4v) is 3.18. The molecule has 1 aromatic carbocycles. The van der Waals surface area contributed by atoms with Crippen molar-refractivity contribution in [2.75, 3.05) is 13.1 Å². The summed E-state index contributed by atoms with van der Waals surface area (Å²) in [4.78, 5) is 6.48. The average molecular weight is 298 g/mol. The molecule has 4 heteroatoms. The Balaban J connectivity index is 2.40. The van der Waals surface area contributed by atoms with Crippen LogP contribution in [0.1, 0.15) is 29.5 Å². The molecule has 4 N–H and O–H groups in total. The summed E-state index contributed by atoms with van der Waals surface area (Å²) in [5.74, 6) is 0.588. The van der Waals surface area contributed by atoms with Crippen molar-refractivity contribution in [3.63, 3.8) is 0 Å². The van der Waals surface area contributed by atoms with E-state index in [1.807, 2.05) is 6.92 Å². The predicted octanol–water partition coefficient (Wildman–Crippen LogP) is 2.64. The van der Waals surface area contributed by atoms with E-state index in [1.54, 1.807) is 0 Å². The van der Waals surface area contributed by atoms with Gasteiger partial charge in [0.05, 0.1) is 0 Å². The zero-order valence-corrected chi connectivity index (χ0v) is 13.8. The minimum atomic E-state index is 0.0680. The number of aliphatic imine (C=N–C) groups is 1. The summed E-state index contributed by atoms with van der Waals surface area (Å²) in [6.07, 6.45) is 0. The van der Waals surface area contributed by atoms with Gasteiger partial charge in [-0.25, -0.2) is 4.99 Å². The molecule has 0 saturated carbocycles. The van der Waals surface area contributed by atoms with Crippen molar-refractivity contribution in [2.45, 2.75) is 26.7 Å². The molecule has 1 fully saturated rings. The molecule has 0 aliphatic carbocycles. The Morgan fingerprint density at radius 1 is 1.23 bits per heavy atom. The Morgan fingerprint density at radius 2 is 1.91 bits per heavy atom. The lowest BCUT2D eigenvalue weighted by Crippen LogP contribution is -2.24. The van der Waals surface area contributed by atoms with Gasteiger partial charge in [0.2, 0.25) is 0 Å². The van der Waals surface area contributed by atoms with Crippen molar-refractivity contribution < 1.29 is 0 Å². The van der Waals surface area contributed by atoms with Crippen LogP contribution in [-0.2, 0) is 0 Å². The number of aryl methyl sites for hydroxylation is 2. The van der Waals surface area contributed by atoms with E-state index in [-0.39, 0.29) is 11.9 Å². The van der Waals surface area contributed by atoms with E-state index in [1.165, 1.54) is 16.7 Å². The Kier molecular flexibility index (Phi) is 4.59. The second-order valence-corrected chi connectivity index (χ2v) is 6.24. The predicted molar refractivity (Wildman–Crippen MR) is 93.5 cm³/mol. The topological polar surface area (TPSA) is 67.6 Å². The second-order valence-electron chi connectivity index (χ2n) is 6.24. The zero-order chi connectivity index (χ0) is 16.4. The van der Waals surface area contributed by atoms with Gasteiger partial charge in [-0.3, -0.25) is 0 Å². The molecule has 1 aliphatic heterocycles. The highest BCUT2D eigenvalue weighted by atomic mass is 15.2. The first-order valence-corrected chi connectivity index (χ1v) is 7.55. The number of rotatable bonds is 4. The first-order valence-electron chi connectivity index (χ1n) is 7.55. The van der Waals surface area contributed by atoms with E-state index in [0.717, 1.165) is 24.5 Å². The van der Waals surface area contributed by atoms with Gasteiger partial charge in [0.25, 0.3) is 0 Å². The van der Waals surface area contributed by atoms with Gasteiger partial charge in [-0.1, -0.05) is 36.9 Å². The summed E-state index contributed by atoms with van der Waals surface area (Å²) in [7, 11) is 0. The van der Waals surface area contributed by atoms with Crippen molar-refractivity contribution in [3.05, 3.63) is 59.4 Å². The van der Waals surface area contributed by atoms with Crippen LogP contribution >= 0.6 is 0 Å². The molecule has 1 aliphatic rings. The maximum atomic E-state index is 5.53. The molecule has 0 amide bonds. The largest absolute Gasteiger partial charge is 0.374 e. The molecule has 0 aromatic heterocycles. The van der Waals surface area contributed by atoms with Gasteiger partial charge in [-0.15, -0.1) is 0 Å². The molecule has 118 valence electrons. The molecule has 1 saturated heterocycles. The normalized spacial score (nSPS) is 20.8. The van der Waals surface area contributed by atoms with Crippen LogP contribution in [0.5, 0.6) is 0 Å². The lowest BCUT2D eigenvalue weighted by molar-refractivity contribution is 0.415. The molecule has 0 bridgehead atoms. The summed E-state index contributed by atoms with van der Waals surface area (Å²) in [6, 6.07) is 6.58. The number of allylic oxidation sites excluding steroid dienone is 1. The summed E-state index contributed by atoms with van der Waals surface area (Å²) in [5, 5.41) is 0. The summed E-state index contributed by atoms with van der Waals surface area (Å²) in [5.41, 5.74) is 16.8. The van der Waals surface area contributed by atoms with E-state index < -0.39 is 0 Å². The minimum absolute atomic E-state index is 0.0680. The molecule has 2 atom stereocenters. The highest BCUT2D eigenvalue weighted by Crippen LogP contribution is 2.39. The molecular weight excluding hydrogens is 272 g/mol. The minimum Gasteiger partial charge on any atom is -0.374 e. The van der Waals surface area contributed by atoms with Gasteiger partial charge in [0.1, 0.15) is 0 Å². The Bertz CT molecular complexity index is 626. The molecule has 1 heterocycles. The Hall–Kier alpha value is -2.23. The van der Waals surface area contributed by atoms with Crippen LogP contribution in [0.4, 0.5) is 0 Å². The van der Waals surface area contributed by atoms with Crippen LogP contribution in [0.3, 0.4) is 0 Å². The van der Waals surface area contributed by atoms with E-state index in [9.17, 15) is 0 Å². The molecule has 4 nitrogen and oxygen atoms in total. The number of nitrogens with zero attached hydrogens (tertiary/aromatic N) is 2. The number of hydrogen-bond donors (Lipinski definition) is 2. The molecule has 2 unspecified atom stereocenters. The van der Waals surface area contributed by atoms with Crippen molar-refractivity contribution in [1.82, 2.24) is 4.90 Å². The van der Waals surface area contributed by atoms with Crippen LogP contribution in [-0.4, -0.2) is 23.9 Å². The monoisotopic (exact) mass is 298 g/mol. The third-order valence-electron chi connectivity index (χ3n) is 4.39. The van der Waals surface area contributed by atoms with Gasteiger partial charge in [0, 0.05) is 36.3 Å². The number of nitrogens with two attached hydrogens (primary N) is 2. The van der Waals surface area contributed by atoms with Crippen molar-refractivity contribution in [1.29, 1.82) is 0 Å². The van der Waals surface area contributed by atoms with Gasteiger partial charge in [-0.05, 0) is 31.9 Å². The fraction of sp³-hybridized carbons (Fsp3) is 0.389. The highest BCUT2D eigenvalue weighted by Gasteiger charge is 2.36. The summed E-state index contributed by atoms with van der Waals surface area (Å²) >= 11 is 0. The summed E-state index contributed by atoms with van der Waals surface area (Å²) in [6.45, 7) is 16.2. The van der Waals surface area contributed by atoms with Crippen LogP contribution in [0.2, 0.25) is 0 Å². The van der Waals surface area contributed by atoms with E-state index in [0.29, 0.717) is 5.92 Å². The number of benzene rings is 1. The Morgan fingerprint density at radius 3 is 2.50 bits per heavy atom. The van der Waals surface area contributed by atoms with Gasteiger partial charge in [0.15, 0.2) is 5.96 Å². The van der Waals surface area contributed by atoms with Crippen molar-refractivity contribution in [2.24, 2.45) is 22.4 Å². The van der Waals surface area contributed by atoms with E-state index in [4.69, 9.17) is 11.5 Å². The van der Waals surface area contributed by atoms with Crippen LogP contribution in [0, 0.1) is 19.8 Å². The van der Waals surface area contributed by atoms with Gasteiger partial charge < -0.3 is 16.4 Å². The number of hydrogen-bond acceptors (Lipinski definition) is 2. The maximum Gasteiger partial charge on any atom is 0.190 e. The third-order valence-corrected chi connectivity index (χ3v) is 4.39. The SMILES string of the molecule is C=C(N=C(N)N)C1CN(C(=C)C)CC1c1cc(C)ccc1C. The number of likely N-dealkylation sites (tertiary alicyclic amines) is 1. The van der Waals surface area contributed by atoms with E-state index in [2.05, 4.69) is 55.1 Å². The molecule has 0 spiro atoms. The third kappa shape index (κ3) is 3.32. The maximum absolute atomic E-state index is 5.53. The van der Waals surface area contributed by atoms with Crippen LogP contribution < -0.4 is 11.5 Å². The molecular formula is C18H26N4. The lowest BCUT2D eigenvalue weighted by Gasteiger charge is -2.21. The standard InChI is InChI=1S/C18H26N4/c1-11(2)22-9-16(14(5)21-18(19)20)17(10-22)15-8-12(3)6-7-13(15)4/h6-8,16-17H,1,5,9-10H2,2-4H3,(H4,19,20,21). The quantitative estimate of drug-likeness (QED) is 0.663. The highest BCUT2D eigenvalue weighted by molar-refractivity contribution is 5.76. The molecule has 0 radical (unpaired) electrons. The first kappa shape index (κ1) is 16.1. The smallest absolute Gasteiger partial charge is 0.190 e. The Labute approximate surface area is 133 Å². The van der Waals surface area contributed by atoms with Crippen molar-refractivity contribution >= 4 is 5.96 Å². The van der Waals surface area contributed by atoms with E-state index >= 15 is 0 Å². The molecule has 22 heavy (non-hydrogen) atoms. The van der Waals surface area contributed by atoms with Crippen LogP contribution in [0.15, 0.2) is 47.7 Å². The molecule has 1 aromatic rings. The number of guanidine groups is 1. The fourth-order valence-electron chi connectivity index (χ4n) is 3.18. The first-order chi connectivity index (χ1) is 10.3. The summed E-state index contributed by atoms with van der Waals surface area (Å²) < 4.78 is 0.